The number of halogens is 1. The van der Waals surface area contributed by atoms with Crippen molar-refractivity contribution >= 4 is 23.2 Å². The molecule has 166 valence electrons. The lowest BCUT2D eigenvalue weighted by Crippen LogP contribution is -2.44. The number of unbranched alkanes of at least 4 members (excludes halogenated alkanes) is 4. The van der Waals surface area contributed by atoms with Crippen molar-refractivity contribution in [3.8, 4) is 0 Å². The molecule has 0 bridgehead atoms. The number of carbonyl (C=O) groups is 2. The van der Waals surface area contributed by atoms with E-state index in [0.717, 1.165) is 49.9 Å². The van der Waals surface area contributed by atoms with Crippen LogP contribution in [-0.2, 0) is 9.74 Å². The number of carbonyl (C=O) groups excluding carboxylic acids is 2. The molecule has 0 fully saturated rings. The zero-order chi connectivity index (χ0) is 21.8. The van der Waals surface area contributed by atoms with E-state index < -0.39 is 12.1 Å². The van der Waals surface area contributed by atoms with Gasteiger partial charge in [0.05, 0.1) is 0 Å². The molecule has 6 nitrogen and oxygen atoms in total. The van der Waals surface area contributed by atoms with Gasteiger partial charge in [-0.15, -0.1) is 11.3 Å². The Balaban J connectivity index is 2.92. The average Bonchev–Trinajstić information content (AvgIpc) is 3.20. The Labute approximate surface area is 177 Å². The third kappa shape index (κ3) is 8.38. The zero-order valence-corrected chi connectivity index (χ0v) is 18.8. The Hall–Kier alpha value is -1.54. The first-order chi connectivity index (χ1) is 13.8. The molecule has 0 aromatic carbocycles. The molecule has 0 spiro atoms. The maximum absolute atomic E-state index is 12.9. The van der Waals surface area contributed by atoms with Crippen LogP contribution in [0.25, 0.3) is 0 Å². The summed E-state index contributed by atoms with van der Waals surface area (Å²) in [6.07, 6.45) is 5.97. The van der Waals surface area contributed by atoms with Crippen molar-refractivity contribution in [2.75, 3.05) is 6.54 Å². The summed E-state index contributed by atoms with van der Waals surface area (Å²) in [5.41, 5.74) is -0.164. The number of aliphatic hydroxyl groups is 1. The highest BCUT2D eigenvalue weighted by atomic mass is 32.1. The fraction of sp³-hybridized carbons (Fsp3) is 0.762. The molecule has 1 N–H and O–H groups in total. The molecule has 1 aromatic heterocycles. The quantitative estimate of drug-likeness (QED) is 0.409. The van der Waals surface area contributed by atoms with Crippen molar-refractivity contribution in [2.45, 2.75) is 91.2 Å². The van der Waals surface area contributed by atoms with E-state index in [0.29, 0.717) is 24.4 Å². The Morgan fingerprint density at radius 1 is 1.21 bits per heavy atom. The fourth-order valence-electron chi connectivity index (χ4n) is 3.32. The number of amides is 1. The van der Waals surface area contributed by atoms with Gasteiger partial charge in [-0.3, -0.25) is 4.79 Å². The van der Waals surface area contributed by atoms with Crippen molar-refractivity contribution in [3.05, 3.63) is 16.1 Å². The van der Waals surface area contributed by atoms with Gasteiger partial charge in [-0.2, -0.15) is 0 Å². The molecule has 0 aliphatic heterocycles. The number of rotatable bonds is 14. The van der Waals surface area contributed by atoms with Gasteiger partial charge in [0.2, 0.25) is 5.91 Å². The van der Waals surface area contributed by atoms with E-state index in [1.54, 1.807) is 0 Å². The van der Waals surface area contributed by atoms with E-state index in [4.69, 9.17) is 0 Å². The van der Waals surface area contributed by atoms with Crippen LogP contribution in [0.2, 0.25) is 0 Å². The summed E-state index contributed by atoms with van der Waals surface area (Å²) in [4.78, 5) is 33.2. The smallest absolute Gasteiger partial charge is 0.386 e. The van der Waals surface area contributed by atoms with Crippen LogP contribution in [0.5, 0.6) is 0 Å². The molecule has 0 saturated carbocycles. The Morgan fingerprint density at radius 3 is 2.48 bits per heavy atom. The minimum Gasteiger partial charge on any atom is -0.386 e. The molecule has 2 atom stereocenters. The van der Waals surface area contributed by atoms with Gasteiger partial charge in [0.25, 0.3) is 0 Å². The molecule has 0 saturated heterocycles. The first-order valence-electron chi connectivity index (χ1n) is 10.6. The van der Waals surface area contributed by atoms with Crippen molar-refractivity contribution in [2.24, 2.45) is 5.92 Å². The predicted octanol–water partition coefficient (Wildman–Crippen LogP) is 5.23. The van der Waals surface area contributed by atoms with Crippen LogP contribution < -0.4 is 0 Å². The topological polar surface area (TPSA) is 79.7 Å². The summed E-state index contributed by atoms with van der Waals surface area (Å²) in [6, 6.07) is -0.142. The molecular formula is C21H35FN2O4S. The molecule has 1 amide bonds. The minimum absolute atomic E-state index is 0.120. The lowest BCUT2D eigenvalue weighted by molar-refractivity contribution is -0.135. The molecule has 1 aromatic rings. The van der Waals surface area contributed by atoms with Crippen LogP contribution in [0.15, 0.2) is 5.38 Å². The van der Waals surface area contributed by atoms with Gasteiger partial charge in [0, 0.05) is 35.3 Å². The number of thiazole rings is 1. The Morgan fingerprint density at radius 2 is 1.90 bits per heavy atom. The van der Waals surface area contributed by atoms with Gasteiger partial charge in [-0.1, -0.05) is 53.4 Å². The second-order valence-electron chi connectivity index (χ2n) is 7.75. The second-order valence-corrected chi connectivity index (χ2v) is 8.64. The number of hydrogen-bond acceptors (Lipinski definition) is 6. The molecule has 1 rings (SSSR count). The number of aliphatic hydroxyl groups excluding tert-OH is 1. The summed E-state index contributed by atoms with van der Waals surface area (Å²) in [7, 11) is 0. The van der Waals surface area contributed by atoms with E-state index in [1.807, 2.05) is 18.7 Å². The van der Waals surface area contributed by atoms with Gasteiger partial charge in [0.15, 0.2) is 5.69 Å². The lowest BCUT2D eigenvalue weighted by atomic mass is 9.95. The standard InChI is InChI=1S/C21H35FN2O4S/c1-5-7-9-10-12-24(19(26)11-8-6-2)17(15(3)4)13-18(25)20-23-16(14-29-20)21(27)28-22/h14-15,17-18,25H,5-13H2,1-4H3. The van der Waals surface area contributed by atoms with E-state index >= 15 is 0 Å². The third-order valence-corrected chi connectivity index (χ3v) is 5.98. The normalized spacial score (nSPS) is 13.3. The van der Waals surface area contributed by atoms with Crippen molar-refractivity contribution < 1.29 is 24.2 Å². The Bertz CT molecular complexity index is 624. The number of nitrogens with zero attached hydrogens (tertiary/aromatic N) is 2. The van der Waals surface area contributed by atoms with E-state index in [2.05, 4.69) is 23.8 Å². The summed E-state index contributed by atoms with van der Waals surface area (Å²) < 4.78 is 12.1. The minimum atomic E-state index is -1.17. The SMILES string of the molecule is CCCCCCN(C(=O)CCCC)C(CC(O)c1nc(C(=O)OF)cs1)C(C)C. The van der Waals surface area contributed by atoms with Gasteiger partial charge >= 0.3 is 5.97 Å². The van der Waals surface area contributed by atoms with Gasteiger partial charge < -0.3 is 10.0 Å². The van der Waals surface area contributed by atoms with E-state index in [-0.39, 0.29) is 23.6 Å². The molecule has 0 aliphatic carbocycles. The maximum Gasteiger partial charge on any atom is 0.398 e. The van der Waals surface area contributed by atoms with Crippen molar-refractivity contribution in [1.82, 2.24) is 9.88 Å². The van der Waals surface area contributed by atoms with Gasteiger partial charge in [-0.25, -0.2) is 14.7 Å². The van der Waals surface area contributed by atoms with Crippen LogP contribution in [0.3, 0.4) is 0 Å². The number of aromatic nitrogens is 1. The molecule has 8 heteroatoms. The monoisotopic (exact) mass is 430 g/mol. The van der Waals surface area contributed by atoms with Crippen LogP contribution >= 0.6 is 11.3 Å². The summed E-state index contributed by atoms with van der Waals surface area (Å²) in [6.45, 7) is 8.97. The van der Waals surface area contributed by atoms with Crippen LogP contribution in [0, 0.1) is 5.92 Å². The predicted molar refractivity (Wildman–Crippen MR) is 112 cm³/mol. The Kier molecular flexibility index (Phi) is 12.0. The highest BCUT2D eigenvalue weighted by Gasteiger charge is 2.29. The molecule has 1 heterocycles. The summed E-state index contributed by atoms with van der Waals surface area (Å²) >= 11 is 1.08. The molecule has 2 unspecified atom stereocenters. The molecular weight excluding hydrogens is 395 g/mol. The summed E-state index contributed by atoms with van der Waals surface area (Å²) in [5, 5.41) is 12.4. The highest BCUT2D eigenvalue weighted by molar-refractivity contribution is 7.09. The van der Waals surface area contributed by atoms with Crippen LogP contribution in [0.1, 0.15) is 101 Å². The first kappa shape index (κ1) is 25.5. The third-order valence-electron chi connectivity index (χ3n) is 5.04. The number of hydrogen-bond donors (Lipinski definition) is 1. The van der Waals surface area contributed by atoms with Gasteiger partial charge in [-0.05, 0) is 18.8 Å². The van der Waals surface area contributed by atoms with Crippen molar-refractivity contribution in [1.29, 1.82) is 0 Å². The molecule has 29 heavy (non-hydrogen) atoms. The second kappa shape index (κ2) is 13.6. The largest absolute Gasteiger partial charge is 0.398 e. The lowest BCUT2D eigenvalue weighted by Gasteiger charge is -2.36. The van der Waals surface area contributed by atoms with Crippen LogP contribution in [-0.4, -0.2) is 39.5 Å². The molecule has 0 radical (unpaired) electrons. The van der Waals surface area contributed by atoms with Crippen molar-refractivity contribution in [3.63, 3.8) is 0 Å². The first-order valence-corrected chi connectivity index (χ1v) is 11.5. The maximum atomic E-state index is 12.9. The summed E-state index contributed by atoms with van der Waals surface area (Å²) in [5.74, 6) is -0.904. The zero-order valence-electron chi connectivity index (χ0n) is 18.0. The van der Waals surface area contributed by atoms with Crippen LogP contribution in [0.4, 0.5) is 4.53 Å². The molecule has 0 aliphatic rings. The fourth-order valence-corrected chi connectivity index (χ4v) is 4.10. The van der Waals surface area contributed by atoms with Gasteiger partial charge in [0.1, 0.15) is 11.1 Å². The van der Waals surface area contributed by atoms with E-state index in [1.165, 1.54) is 5.38 Å². The average molecular weight is 431 g/mol. The highest BCUT2D eigenvalue weighted by Crippen LogP contribution is 2.28. The van der Waals surface area contributed by atoms with E-state index in [9.17, 15) is 19.2 Å².